The van der Waals surface area contributed by atoms with Crippen LogP contribution < -0.4 is 0 Å². The molecule has 0 amide bonds. The Balaban J connectivity index is 3.51. The highest BCUT2D eigenvalue weighted by atomic mass is 28.4. The minimum atomic E-state index is -2.53. The van der Waals surface area contributed by atoms with Gasteiger partial charge in [-0.3, -0.25) is 0 Å². The van der Waals surface area contributed by atoms with Crippen molar-refractivity contribution in [2.24, 2.45) is 5.16 Å². The molecule has 0 N–H and O–H groups in total. The van der Waals surface area contributed by atoms with Gasteiger partial charge >= 0.3 is 0 Å². The summed E-state index contributed by atoms with van der Waals surface area (Å²) in [6.45, 7) is 79.6. The molecule has 2 heterocycles. The zero-order chi connectivity index (χ0) is 64.9. The molecule has 2 aliphatic rings. The number of oxime groups is 1. The molecule has 29 heteroatoms. The van der Waals surface area contributed by atoms with E-state index >= 15 is 0 Å². The van der Waals surface area contributed by atoms with Gasteiger partial charge in [0.1, 0.15) is 67.1 Å². The Bertz CT molecular complexity index is 1960. The molecular weight excluding hydrogens is 1260 g/mol. The van der Waals surface area contributed by atoms with Crippen molar-refractivity contribution < 1.29 is 72.2 Å². The molecule has 83 heavy (non-hydrogen) atoms. The van der Waals surface area contributed by atoms with Gasteiger partial charge in [-0.2, -0.15) is 0 Å². The van der Waals surface area contributed by atoms with Crippen molar-refractivity contribution >= 4 is 106 Å². The molecule has 2 rings (SSSR count). The van der Waals surface area contributed by atoms with Crippen LogP contribution in [0.5, 0.6) is 0 Å². The highest BCUT2D eigenvalue weighted by Crippen LogP contribution is 2.41. The fourth-order valence-electron chi connectivity index (χ4n) is 9.01. The first-order valence-electron chi connectivity index (χ1n) is 30.8. The highest BCUT2D eigenvalue weighted by Gasteiger charge is 2.59. The first-order valence-corrected chi connectivity index (χ1v) is 71.7. The van der Waals surface area contributed by atoms with E-state index in [1.165, 1.54) is 0 Å². The van der Waals surface area contributed by atoms with Gasteiger partial charge in [0, 0.05) is 0 Å². The van der Waals surface area contributed by atoms with Gasteiger partial charge in [0.05, 0.1) is 32.1 Å². The quantitative estimate of drug-likeness (QED) is 0.0335. The van der Waals surface area contributed by atoms with Gasteiger partial charge in [0.15, 0.2) is 104 Å². The van der Waals surface area contributed by atoms with Crippen LogP contribution in [0.3, 0.4) is 0 Å². The fourth-order valence-corrected chi connectivity index (χ4v) is 20.0. The van der Waals surface area contributed by atoms with Crippen LogP contribution >= 0.6 is 0 Å². The van der Waals surface area contributed by atoms with Crippen LogP contribution in [-0.2, 0) is 72.2 Å². The zero-order valence-corrected chi connectivity index (χ0v) is 71.8. The minimum Gasteiger partial charge on any atom is -0.456 e. The van der Waals surface area contributed by atoms with E-state index in [4.69, 9.17) is 77.3 Å². The monoisotopic (exact) mass is 1380 g/mol. The summed E-state index contributed by atoms with van der Waals surface area (Å²) in [5.41, 5.74) is 0. The summed E-state index contributed by atoms with van der Waals surface area (Å²) in [6, 6.07) is 0. The van der Waals surface area contributed by atoms with Gasteiger partial charge in [-0.1, -0.05) is 0 Å². The molecule has 0 aromatic carbocycles. The van der Waals surface area contributed by atoms with Crippen molar-refractivity contribution in [1.82, 2.24) is 0 Å². The molecule has 0 spiro atoms. The van der Waals surface area contributed by atoms with Crippen LogP contribution in [0.25, 0.3) is 0 Å². The third-order valence-electron chi connectivity index (χ3n) is 11.3. The molecule has 0 bridgehead atoms. The summed E-state index contributed by atoms with van der Waals surface area (Å²) in [5.74, 6) is 0. The molecule has 2 aliphatic heterocycles. The average Bonchev–Trinajstić information content (AvgIpc) is 3.18. The van der Waals surface area contributed by atoms with E-state index in [1.54, 1.807) is 6.21 Å². The molecule has 0 saturated carbocycles. The van der Waals surface area contributed by atoms with Gasteiger partial charge in [0.25, 0.3) is 8.32 Å². The van der Waals surface area contributed by atoms with Gasteiger partial charge < -0.3 is 72.2 Å². The predicted molar refractivity (Wildman–Crippen MR) is 374 cm³/mol. The Hall–Kier alpha value is 1.47. The van der Waals surface area contributed by atoms with Gasteiger partial charge in [0.2, 0.25) is 0 Å². The highest BCUT2D eigenvalue weighted by molar-refractivity contribution is 6.73. The molecule has 0 unspecified atom stereocenters. The number of hydrogen-bond donors (Lipinski definition) is 0. The Morgan fingerprint density at radius 1 is 0.337 bits per heavy atom. The van der Waals surface area contributed by atoms with Crippen molar-refractivity contribution in [2.45, 2.75) is 322 Å². The second-order valence-corrected chi connectivity index (χ2v) is 88.3. The second kappa shape index (κ2) is 30.5. The number of rotatable bonds is 35. The van der Waals surface area contributed by atoms with Crippen LogP contribution in [0.4, 0.5) is 0 Å². The third-order valence-corrected chi connectivity index (χ3v) is 22.9. The Morgan fingerprint density at radius 2 is 0.687 bits per heavy atom. The zero-order valence-electron chi connectivity index (χ0n) is 59.8. The van der Waals surface area contributed by atoms with Gasteiger partial charge in [-0.25, -0.2) is 0 Å². The molecular formula is C54H129NO16Si12. The average molecular weight is 1390 g/mol. The smallest absolute Gasteiger partial charge is 0.278 e. The standard InChI is InChI=1S/C54H129NO16Si12/c1-72(2,3)56-38-42-47(66-78(19,20)21)49(68-80(25,26)27)51(62-54-52(70-82(31,32)33)50(69-81(28,29)30)48(67-79(22,23)24)43(60-54)39-57-73(4,5)6)53(59-42)61-45(44(64-76(13,14)15)40-58-74(7,8)9)46(65-77(16,17)18)41(63-75(10,11)12)37-55-71-83(34,35)36/h37,41-54H,38-40H2,1-36H3/b55-37+/t41-,42+,43+,44+,45-,46+,47+,48+,49-,50-,51+,52+,53-,54+/m1/s1. The maximum atomic E-state index is 8.03. The largest absolute Gasteiger partial charge is 0.456 e. The lowest BCUT2D eigenvalue weighted by molar-refractivity contribution is -0.370. The van der Waals surface area contributed by atoms with E-state index in [2.05, 4.69) is 236 Å². The van der Waals surface area contributed by atoms with Gasteiger partial charge in [-0.05, 0) is 236 Å². The van der Waals surface area contributed by atoms with Crippen molar-refractivity contribution in [3.05, 3.63) is 0 Å². The first kappa shape index (κ1) is 80.6. The van der Waals surface area contributed by atoms with Crippen molar-refractivity contribution in [2.75, 3.05) is 19.8 Å². The summed E-state index contributed by atoms with van der Waals surface area (Å²) in [4.78, 5) is 0. The van der Waals surface area contributed by atoms with E-state index in [1.807, 2.05) is 0 Å². The van der Waals surface area contributed by atoms with Crippen LogP contribution in [0, 0.1) is 0 Å². The van der Waals surface area contributed by atoms with E-state index in [9.17, 15) is 0 Å². The Kier molecular flexibility index (Phi) is 29.6. The molecule has 2 fully saturated rings. The molecule has 2 saturated heterocycles. The minimum absolute atomic E-state index is 0.222. The summed E-state index contributed by atoms with van der Waals surface area (Å²) >= 11 is 0. The lowest BCUT2D eigenvalue weighted by Crippen LogP contribution is -2.70. The third kappa shape index (κ3) is 34.6. The topological polar surface area (TPSA) is 160 Å². The Labute approximate surface area is 521 Å². The maximum absolute atomic E-state index is 8.03. The normalized spacial score (nSPS) is 27.2. The Morgan fingerprint density at radius 3 is 1.04 bits per heavy atom. The molecule has 0 aliphatic carbocycles. The second-order valence-electron chi connectivity index (χ2n) is 34.6. The van der Waals surface area contributed by atoms with Crippen LogP contribution in [0.2, 0.25) is 236 Å². The van der Waals surface area contributed by atoms with Crippen LogP contribution in [-0.4, -0.2) is 212 Å². The van der Waals surface area contributed by atoms with Crippen molar-refractivity contribution in [3.8, 4) is 0 Å². The molecule has 17 nitrogen and oxygen atoms in total. The predicted octanol–water partition coefficient (Wildman–Crippen LogP) is 14.4. The number of ether oxygens (including phenoxy) is 4. The summed E-state index contributed by atoms with van der Waals surface area (Å²) in [6.07, 6.45) is -9.18. The number of hydrogen-bond acceptors (Lipinski definition) is 17. The van der Waals surface area contributed by atoms with E-state index in [0.717, 1.165) is 0 Å². The molecule has 0 aromatic rings. The lowest BCUT2D eigenvalue weighted by atomic mass is 9.97. The summed E-state index contributed by atoms with van der Waals surface area (Å²) < 4.78 is 117. The maximum Gasteiger partial charge on any atom is 0.278 e. The summed E-state index contributed by atoms with van der Waals surface area (Å²) in [7, 11) is -28.0. The van der Waals surface area contributed by atoms with Crippen molar-refractivity contribution in [3.63, 3.8) is 0 Å². The van der Waals surface area contributed by atoms with E-state index < -0.39 is 186 Å². The summed E-state index contributed by atoms with van der Waals surface area (Å²) in [5, 5.41) is 4.72. The fraction of sp³-hybridized carbons (Fsp3) is 0.981. The molecule has 494 valence electrons. The molecule has 0 radical (unpaired) electrons. The SMILES string of the molecule is C[Si](C)(C)OC[C@@H]1O[C@H](O[C@@H]([C@@H](O[Si](C)(C)C)[C@@H](/C=N/O[Si](C)(C)C)O[Si](C)(C)C)[C@H](CO[Si](C)(C)C)O[Si](C)(C)C)[C@@H](O[C@@H]2O[C@@H](CO[Si](C)(C)C)[C@H](O[Si](C)(C)C)[C@@H](O[Si](C)(C)C)[C@@H]2O[Si](C)(C)C)[C@H](O[Si](C)(C)C)[C@H]1O[Si](C)(C)C. The van der Waals surface area contributed by atoms with Crippen LogP contribution in [0.15, 0.2) is 5.16 Å². The van der Waals surface area contributed by atoms with Crippen LogP contribution in [0.1, 0.15) is 0 Å². The lowest BCUT2D eigenvalue weighted by Gasteiger charge is -2.54. The molecule has 14 atom stereocenters. The first-order chi connectivity index (χ1) is 36.6. The molecule has 0 aromatic heterocycles. The van der Waals surface area contributed by atoms with E-state index in [0.29, 0.717) is 0 Å². The van der Waals surface area contributed by atoms with Crippen molar-refractivity contribution in [1.29, 1.82) is 0 Å². The van der Waals surface area contributed by atoms with E-state index in [-0.39, 0.29) is 19.8 Å². The van der Waals surface area contributed by atoms with Gasteiger partial charge in [-0.15, -0.1) is 5.16 Å². The number of nitrogens with zero attached hydrogens (tertiary/aromatic N) is 1.